The summed E-state index contributed by atoms with van der Waals surface area (Å²) >= 11 is 0. The van der Waals surface area contributed by atoms with Crippen molar-refractivity contribution in [2.45, 2.75) is 58.5 Å². The third-order valence-corrected chi connectivity index (χ3v) is 3.81. The fraction of sp³-hybridized carbons (Fsp3) is 0.818. The summed E-state index contributed by atoms with van der Waals surface area (Å²) in [5, 5.41) is 0. The van der Waals surface area contributed by atoms with E-state index in [1.54, 1.807) is 0 Å². The molecule has 82 valence electrons. The maximum atomic E-state index is 5.81. The SMILES string of the molecule is CC1(C)OC(=C[Si](C)(C)C)OC1(C)C. The van der Waals surface area contributed by atoms with E-state index in [0.29, 0.717) is 0 Å². The molecule has 1 aliphatic rings. The van der Waals surface area contributed by atoms with Crippen LogP contribution in [0, 0.1) is 0 Å². The maximum absolute atomic E-state index is 5.81. The molecule has 1 fully saturated rings. The van der Waals surface area contributed by atoms with Gasteiger partial charge in [-0.3, -0.25) is 0 Å². The molecule has 0 amide bonds. The van der Waals surface area contributed by atoms with Crippen molar-refractivity contribution in [3.8, 4) is 0 Å². The highest BCUT2D eigenvalue weighted by molar-refractivity contribution is 6.81. The van der Waals surface area contributed by atoms with Crippen molar-refractivity contribution in [1.29, 1.82) is 0 Å². The summed E-state index contributed by atoms with van der Waals surface area (Å²) in [5.74, 6) is 0.721. The summed E-state index contributed by atoms with van der Waals surface area (Å²) in [6.07, 6.45) is 0. The van der Waals surface area contributed by atoms with Crippen LogP contribution in [0.2, 0.25) is 19.6 Å². The van der Waals surface area contributed by atoms with Crippen LogP contribution >= 0.6 is 0 Å². The molecule has 1 rings (SSSR count). The molecule has 3 heteroatoms. The Kier molecular flexibility index (Phi) is 2.51. The third-order valence-electron chi connectivity index (χ3n) is 2.71. The quantitative estimate of drug-likeness (QED) is 0.623. The molecular formula is C11H22O2Si. The first-order valence-corrected chi connectivity index (χ1v) is 8.72. The Bertz CT molecular complexity index is 241. The van der Waals surface area contributed by atoms with Gasteiger partial charge in [-0.2, -0.15) is 0 Å². The summed E-state index contributed by atoms with van der Waals surface area (Å²) in [6, 6.07) is 0. The van der Waals surface area contributed by atoms with Gasteiger partial charge in [-0.15, -0.1) is 0 Å². The predicted molar refractivity (Wildman–Crippen MR) is 61.8 cm³/mol. The van der Waals surface area contributed by atoms with Gasteiger partial charge in [0.2, 0.25) is 0 Å². The largest absolute Gasteiger partial charge is 0.456 e. The van der Waals surface area contributed by atoms with Crippen LogP contribution in [-0.4, -0.2) is 19.3 Å². The fourth-order valence-electron chi connectivity index (χ4n) is 1.18. The second kappa shape index (κ2) is 3.02. The van der Waals surface area contributed by atoms with Gasteiger partial charge >= 0.3 is 0 Å². The lowest BCUT2D eigenvalue weighted by Gasteiger charge is -2.28. The van der Waals surface area contributed by atoms with Crippen molar-refractivity contribution in [3.05, 3.63) is 11.6 Å². The zero-order chi connectivity index (χ0) is 11.2. The van der Waals surface area contributed by atoms with Crippen molar-refractivity contribution in [2.75, 3.05) is 0 Å². The van der Waals surface area contributed by atoms with Crippen LogP contribution in [0.5, 0.6) is 0 Å². The van der Waals surface area contributed by atoms with Crippen LogP contribution in [0.1, 0.15) is 27.7 Å². The molecule has 0 aliphatic carbocycles. The molecule has 0 radical (unpaired) electrons. The minimum Gasteiger partial charge on any atom is -0.456 e. The van der Waals surface area contributed by atoms with Gasteiger partial charge in [0.15, 0.2) is 0 Å². The molecule has 0 aromatic rings. The molecule has 0 aromatic heterocycles. The summed E-state index contributed by atoms with van der Waals surface area (Å²) in [6.45, 7) is 15.1. The first kappa shape index (κ1) is 11.6. The highest BCUT2D eigenvalue weighted by Crippen LogP contribution is 2.40. The lowest BCUT2D eigenvalue weighted by Crippen LogP contribution is -2.41. The average Bonchev–Trinajstić information content (AvgIpc) is 1.94. The van der Waals surface area contributed by atoms with Gasteiger partial charge in [0.25, 0.3) is 5.95 Å². The van der Waals surface area contributed by atoms with Crippen LogP contribution < -0.4 is 0 Å². The van der Waals surface area contributed by atoms with E-state index in [1.165, 1.54) is 0 Å². The van der Waals surface area contributed by atoms with Crippen LogP contribution in [0.3, 0.4) is 0 Å². The Morgan fingerprint density at radius 1 is 0.929 bits per heavy atom. The lowest BCUT2D eigenvalue weighted by molar-refractivity contribution is 0.00578. The first-order valence-electron chi connectivity index (χ1n) is 5.14. The van der Waals surface area contributed by atoms with E-state index in [4.69, 9.17) is 9.47 Å². The van der Waals surface area contributed by atoms with E-state index in [2.05, 4.69) is 53.0 Å². The van der Waals surface area contributed by atoms with E-state index < -0.39 is 8.07 Å². The second-order valence-electron chi connectivity index (χ2n) is 6.05. The van der Waals surface area contributed by atoms with Gasteiger partial charge in [0.1, 0.15) is 11.2 Å². The van der Waals surface area contributed by atoms with Crippen molar-refractivity contribution >= 4 is 8.07 Å². The highest BCUT2D eigenvalue weighted by atomic mass is 28.3. The molecule has 0 spiro atoms. The number of hydrogen-bond acceptors (Lipinski definition) is 2. The van der Waals surface area contributed by atoms with Gasteiger partial charge in [-0.1, -0.05) is 19.6 Å². The van der Waals surface area contributed by atoms with Gasteiger partial charge in [0.05, 0.1) is 8.07 Å². The second-order valence-corrected chi connectivity index (χ2v) is 11.1. The van der Waals surface area contributed by atoms with Crippen LogP contribution in [0.4, 0.5) is 0 Å². The van der Waals surface area contributed by atoms with Crippen molar-refractivity contribution in [3.63, 3.8) is 0 Å². The molecular weight excluding hydrogens is 192 g/mol. The zero-order valence-corrected chi connectivity index (χ0v) is 11.4. The van der Waals surface area contributed by atoms with Gasteiger partial charge in [-0.25, -0.2) is 0 Å². The molecule has 0 aromatic carbocycles. The molecule has 1 heterocycles. The van der Waals surface area contributed by atoms with Gasteiger partial charge in [-0.05, 0) is 33.4 Å². The number of ether oxygens (including phenoxy) is 2. The van der Waals surface area contributed by atoms with E-state index >= 15 is 0 Å². The first-order chi connectivity index (χ1) is 6.04. The van der Waals surface area contributed by atoms with Crippen LogP contribution in [-0.2, 0) is 9.47 Å². The summed E-state index contributed by atoms with van der Waals surface area (Å²) < 4.78 is 11.6. The summed E-state index contributed by atoms with van der Waals surface area (Å²) in [7, 11) is -1.26. The van der Waals surface area contributed by atoms with Crippen molar-refractivity contribution in [1.82, 2.24) is 0 Å². The third kappa shape index (κ3) is 2.32. The Morgan fingerprint density at radius 2 is 1.29 bits per heavy atom. The summed E-state index contributed by atoms with van der Waals surface area (Å²) in [5.41, 5.74) is 1.69. The molecule has 2 nitrogen and oxygen atoms in total. The van der Waals surface area contributed by atoms with Gasteiger partial charge in [0, 0.05) is 0 Å². The maximum Gasteiger partial charge on any atom is 0.272 e. The molecule has 1 aliphatic heterocycles. The van der Waals surface area contributed by atoms with Crippen LogP contribution in [0.15, 0.2) is 11.6 Å². The normalized spacial score (nSPS) is 24.1. The minimum absolute atomic E-state index is 0.238. The van der Waals surface area contributed by atoms with Crippen LogP contribution in [0.25, 0.3) is 0 Å². The fourth-order valence-corrected chi connectivity index (χ4v) is 2.01. The number of hydrogen-bond donors (Lipinski definition) is 0. The Morgan fingerprint density at radius 3 is 1.57 bits per heavy atom. The minimum atomic E-state index is -1.26. The van der Waals surface area contributed by atoms with Gasteiger partial charge < -0.3 is 9.47 Å². The number of rotatable bonds is 1. The Labute approximate surface area is 88.3 Å². The van der Waals surface area contributed by atoms with Crippen molar-refractivity contribution < 1.29 is 9.47 Å². The van der Waals surface area contributed by atoms with E-state index in [0.717, 1.165) is 5.95 Å². The molecule has 0 unspecified atom stereocenters. The molecule has 0 N–H and O–H groups in total. The predicted octanol–water partition coefficient (Wildman–Crippen LogP) is 3.31. The molecule has 0 saturated carbocycles. The zero-order valence-electron chi connectivity index (χ0n) is 10.4. The molecule has 14 heavy (non-hydrogen) atoms. The van der Waals surface area contributed by atoms with E-state index in [-0.39, 0.29) is 11.2 Å². The topological polar surface area (TPSA) is 18.5 Å². The molecule has 1 saturated heterocycles. The smallest absolute Gasteiger partial charge is 0.272 e. The average molecular weight is 214 g/mol. The highest BCUT2D eigenvalue weighted by Gasteiger charge is 2.48. The van der Waals surface area contributed by atoms with E-state index in [1.807, 2.05) is 0 Å². The Balaban J connectivity index is 2.89. The van der Waals surface area contributed by atoms with Crippen molar-refractivity contribution in [2.24, 2.45) is 0 Å². The summed E-state index contributed by atoms with van der Waals surface area (Å²) in [4.78, 5) is 0. The molecule has 0 bridgehead atoms. The Hall–Kier alpha value is -0.443. The standard InChI is InChI=1S/C11H22O2Si/c1-10(2)11(3,4)13-9(12-10)8-14(5,6)7/h8H,1-7H3. The monoisotopic (exact) mass is 214 g/mol. The van der Waals surface area contributed by atoms with E-state index in [9.17, 15) is 0 Å². The lowest BCUT2D eigenvalue weighted by atomic mass is 9.90. The molecule has 0 atom stereocenters.